The third-order valence-corrected chi connectivity index (χ3v) is 6.06. The van der Waals surface area contributed by atoms with E-state index in [9.17, 15) is 4.79 Å². The van der Waals surface area contributed by atoms with Crippen LogP contribution in [0.4, 0.5) is 0 Å². The number of ether oxygens (including phenoxy) is 1. The number of tetrazole rings is 1. The number of amides is 1. The Morgan fingerprint density at radius 2 is 2.15 bits per heavy atom. The van der Waals surface area contributed by atoms with Crippen LogP contribution in [0.5, 0.6) is 5.75 Å². The monoisotopic (exact) mass is 375 g/mol. The maximum atomic E-state index is 12.4. The molecule has 0 bridgehead atoms. The van der Waals surface area contributed by atoms with Gasteiger partial charge in [-0.1, -0.05) is 50.6 Å². The Balaban J connectivity index is 1.62. The Kier molecular flexibility index (Phi) is 6.13. The van der Waals surface area contributed by atoms with Crippen molar-refractivity contribution in [1.82, 2.24) is 25.5 Å². The molecule has 1 aromatic heterocycles. The van der Waals surface area contributed by atoms with E-state index in [-0.39, 0.29) is 17.7 Å². The van der Waals surface area contributed by atoms with E-state index in [0.717, 1.165) is 12.1 Å². The van der Waals surface area contributed by atoms with Crippen LogP contribution in [-0.4, -0.2) is 45.0 Å². The average molecular weight is 375 g/mol. The van der Waals surface area contributed by atoms with Crippen molar-refractivity contribution in [3.8, 4) is 11.4 Å². The number of rotatable bonds is 6. The number of aromatic nitrogens is 4. The van der Waals surface area contributed by atoms with Crippen molar-refractivity contribution >= 4 is 17.7 Å². The quantitative estimate of drug-likeness (QED) is 0.782. The van der Waals surface area contributed by atoms with Gasteiger partial charge in [0.1, 0.15) is 11.4 Å². The van der Waals surface area contributed by atoms with Gasteiger partial charge in [-0.05, 0) is 40.8 Å². The van der Waals surface area contributed by atoms with Crippen LogP contribution in [0.25, 0.3) is 5.69 Å². The summed E-state index contributed by atoms with van der Waals surface area (Å²) in [6.07, 6.45) is 3.48. The standard InChI is InChI=1S/C18H25N5O2S/c1-12-7-6-8-14(13(12)2)19-17(24)11-26-18-20-21-22-23(18)15-9-4-5-10-16(15)25-3/h4-5,9-10,12-14H,6-8,11H2,1-3H3,(H,19,24)/t12-,13-,14-/m1/s1. The van der Waals surface area contributed by atoms with E-state index < -0.39 is 0 Å². The third-order valence-electron chi connectivity index (χ3n) is 5.14. The van der Waals surface area contributed by atoms with Crippen molar-refractivity contribution in [2.24, 2.45) is 11.8 Å². The van der Waals surface area contributed by atoms with Crippen LogP contribution in [-0.2, 0) is 4.79 Å². The molecule has 0 aliphatic heterocycles. The van der Waals surface area contributed by atoms with Gasteiger partial charge in [-0.25, -0.2) is 0 Å². The largest absolute Gasteiger partial charge is 0.494 e. The molecule has 1 aliphatic rings. The average Bonchev–Trinajstić information content (AvgIpc) is 3.12. The van der Waals surface area contributed by atoms with E-state index >= 15 is 0 Å². The van der Waals surface area contributed by atoms with Crippen LogP contribution in [0, 0.1) is 11.8 Å². The highest BCUT2D eigenvalue weighted by Gasteiger charge is 2.28. The second kappa shape index (κ2) is 8.53. The van der Waals surface area contributed by atoms with E-state index in [4.69, 9.17) is 4.74 Å². The van der Waals surface area contributed by atoms with Gasteiger partial charge in [0, 0.05) is 6.04 Å². The van der Waals surface area contributed by atoms with E-state index in [1.165, 1.54) is 24.6 Å². The van der Waals surface area contributed by atoms with E-state index in [2.05, 4.69) is 34.7 Å². The summed E-state index contributed by atoms with van der Waals surface area (Å²) in [7, 11) is 1.61. The normalized spacial score (nSPS) is 22.8. The van der Waals surface area contributed by atoms with Crippen LogP contribution in [0.3, 0.4) is 0 Å². The summed E-state index contributed by atoms with van der Waals surface area (Å²) < 4.78 is 6.97. The SMILES string of the molecule is COc1ccccc1-n1nnnc1SCC(=O)N[C@@H]1CCC[C@@H](C)[C@H]1C. The zero-order valence-electron chi connectivity index (χ0n) is 15.4. The van der Waals surface area contributed by atoms with Gasteiger partial charge in [0.25, 0.3) is 0 Å². The van der Waals surface area contributed by atoms with Gasteiger partial charge in [0.2, 0.25) is 11.1 Å². The summed E-state index contributed by atoms with van der Waals surface area (Å²) in [5.41, 5.74) is 0.748. The number of carbonyl (C=O) groups is 1. The summed E-state index contributed by atoms with van der Waals surface area (Å²) >= 11 is 1.33. The van der Waals surface area contributed by atoms with Crippen molar-refractivity contribution in [3.05, 3.63) is 24.3 Å². The number of hydrogen-bond donors (Lipinski definition) is 1. The summed E-state index contributed by atoms with van der Waals surface area (Å²) in [5, 5.41) is 15.6. The van der Waals surface area contributed by atoms with Crippen molar-refractivity contribution in [2.75, 3.05) is 12.9 Å². The van der Waals surface area contributed by atoms with Crippen LogP contribution in [0.2, 0.25) is 0 Å². The molecule has 0 spiro atoms. The fourth-order valence-electron chi connectivity index (χ4n) is 3.39. The van der Waals surface area contributed by atoms with Crippen molar-refractivity contribution in [3.63, 3.8) is 0 Å². The van der Waals surface area contributed by atoms with Gasteiger partial charge >= 0.3 is 0 Å². The molecule has 3 atom stereocenters. The Morgan fingerprint density at radius 1 is 1.35 bits per heavy atom. The third kappa shape index (κ3) is 4.17. The molecule has 0 saturated heterocycles. The molecule has 1 aromatic carbocycles. The van der Waals surface area contributed by atoms with Gasteiger partial charge < -0.3 is 10.1 Å². The highest BCUT2D eigenvalue weighted by molar-refractivity contribution is 7.99. The molecule has 140 valence electrons. The molecular weight excluding hydrogens is 350 g/mol. The highest BCUT2D eigenvalue weighted by Crippen LogP contribution is 2.30. The maximum Gasteiger partial charge on any atom is 0.230 e. The summed E-state index contributed by atoms with van der Waals surface area (Å²) in [6.45, 7) is 4.49. The molecule has 0 unspecified atom stereocenters. The van der Waals surface area contributed by atoms with Gasteiger partial charge in [-0.15, -0.1) is 5.10 Å². The molecule has 3 rings (SSSR count). The minimum Gasteiger partial charge on any atom is -0.494 e. The first-order valence-corrected chi connectivity index (χ1v) is 9.92. The Bertz CT molecular complexity index is 751. The lowest BCUT2D eigenvalue weighted by Gasteiger charge is -2.34. The molecule has 1 amide bonds. The molecule has 1 saturated carbocycles. The molecule has 0 radical (unpaired) electrons. The van der Waals surface area contributed by atoms with Crippen LogP contribution >= 0.6 is 11.8 Å². The van der Waals surface area contributed by atoms with Crippen LogP contribution in [0.15, 0.2) is 29.4 Å². The molecule has 1 heterocycles. The molecular formula is C18H25N5O2S. The minimum absolute atomic E-state index is 0.0236. The first-order chi connectivity index (χ1) is 12.6. The Labute approximate surface area is 157 Å². The molecule has 2 aromatic rings. The number of thioether (sulfide) groups is 1. The summed E-state index contributed by atoms with van der Waals surface area (Å²) in [6, 6.07) is 7.77. The predicted octanol–water partition coefficient (Wildman–Crippen LogP) is 2.70. The number of hydrogen-bond acceptors (Lipinski definition) is 6. The topological polar surface area (TPSA) is 81.9 Å². The number of nitrogens with zero attached hydrogens (tertiary/aromatic N) is 4. The zero-order valence-corrected chi connectivity index (χ0v) is 16.2. The van der Waals surface area contributed by atoms with Crippen molar-refractivity contribution < 1.29 is 9.53 Å². The minimum atomic E-state index is 0.0236. The Hall–Kier alpha value is -2.09. The van der Waals surface area contributed by atoms with Gasteiger partial charge in [-0.2, -0.15) is 4.68 Å². The fraction of sp³-hybridized carbons (Fsp3) is 0.556. The lowest BCUT2D eigenvalue weighted by atomic mass is 9.78. The second-order valence-corrected chi connectivity index (χ2v) is 7.72. The van der Waals surface area contributed by atoms with Gasteiger partial charge in [0.05, 0.1) is 12.9 Å². The number of carbonyl (C=O) groups excluding carboxylic acids is 1. The van der Waals surface area contributed by atoms with Gasteiger partial charge in [0.15, 0.2) is 0 Å². The van der Waals surface area contributed by atoms with Gasteiger partial charge in [-0.3, -0.25) is 4.79 Å². The predicted molar refractivity (Wildman–Crippen MR) is 101 cm³/mol. The van der Waals surface area contributed by atoms with Crippen LogP contribution in [0.1, 0.15) is 33.1 Å². The van der Waals surface area contributed by atoms with Crippen molar-refractivity contribution in [1.29, 1.82) is 0 Å². The number of nitrogens with one attached hydrogen (secondary N) is 1. The fourth-order valence-corrected chi connectivity index (χ4v) is 4.08. The number of para-hydroxylation sites is 2. The van der Waals surface area contributed by atoms with E-state index in [1.54, 1.807) is 11.8 Å². The second-order valence-electron chi connectivity index (χ2n) is 6.78. The van der Waals surface area contributed by atoms with E-state index in [0.29, 0.717) is 22.7 Å². The lowest BCUT2D eigenvalue weighted by Crippen LogP contribution is -2.44. The van der Waals surface area contributed by atoms with Crippen LogP contribution < -0.4 is 10.1 Å². The summed E-state index contributed by atoms with van der Waals surface area (Å²) in [5.74, 6) is 2.15. The maximum absolute atomic E-state index is 12.4. The Morgan fingerprint density at radius 3 is 2.96 bits per heavy atom. The number of benzene rings is 1. The first kappa shape index (κ1) is 18.7. The molecule has 7 nitrogen and oxygen atoms in total. The van der Waals surface area contributed by atoms with Crippen molar-refractivity contribution in [2.45, 2.75) is 44.3 Å². The molecule has 1 fully saturated rings. The molecule has 26 heavy (non-hydrogen) atoms. The zero-order chi connectivity index (χ0) is 18.5. The highest BCUT2D eigenvalue weighted by atomic mass is 32.2. The smallest absolute Gasteiger partial charge is 0.230 e. The van der Waals surface area contributed by atoms with E-state index in [1.807, 2.05) is 24.3 Å². The lowest BCUT2D eigenvalue weighted by molar-refractivity contribution is -0.120. The number of methoxy groups -OCH3 is 1. The molecule has 1 N–H and O–H groups in total. The summed E-state index contributed by atoms with van der Waals surface area (Å²) in [4.78, 5) is 12.4. The molecule has 8 heteroatoms. The molecule has 1 aliphatic carbocycles. The first-order valence-electron chi connectivity index (χ1n) is 8.94.